The highest BCUT2D eigenvalue weighted by atomic mass is 16.4. The van der Waals surface area contributed by atoms with E-state index < -0.39 is 5.97 Å². The molecular weight excluding hydrogens is 248 g/mol. The molecule has 0 aliphatic heterocycles. The Bertz CT molecular complexity index is 277. The van der Waals surface area contributed by atoms with Gasteiger partial charge < -0.3 is 5.11 Å². The average Bonchev–Trinajstić information content (AvgIpc) is 2.46. The van der Waals surface area contributed by atoms with Crippen molar-refractivity contribution in [1.82, 2.24) is 0 Å². The lowest BCUT2D eigenvalue weighted by atomic mass is 9.85. The van der Waals surface area contributed by atoms with E-state index in [1.54, 1.807) is 0 Å². The van der Waals surface area contributed by atoms with Gasteiger partial charge in [0, 0.05) is 5.57 Å². The summed E-state index contributed by atoms with van der Waals surface area (Å²) in [6, 6.07) is 0. The fourth-order valence-electron chi connectivity index (χ4n) is 3.24. The molecule has 0 bridgehead atoms. The zero-order chi connectivity index (χ0) is 14.6. The predicted octanol–water partition coefficient (Wildman–Crippen LogP) is 5.72. The van der Waals surface area contributed by atoms with Crippen LogP contribution in [0.5, 0.6) is 0 Å². The maximum atomic E-state index is 10.6. The predicted molar refractivity (Wildman–Crippen MR) is 84.9 cm³/mol. The van der Waals surface area contributed by atoms with Crippen molar-refractivity contribution in [2.24, 2.45) is 5.92 Å². The van der Waals surface area contributed by atoms with Crippen molar-refractivity contribution in [1.29, 1.82) is 0 Å². The Morgan fingerprint density at radius 2 is 1.45 bits per heavy atom. The van der Waals surface area contributed by atoms with Gasteiger partial charge in [0.1, 0.15) is 0 Å². The van der Waals surface area contributed by atoms with Crippen LogP contribution >= 0.6 is 0 Å². The first kappa shape index (κ1) is 17.3. The third kappa shape index (κ3) is 8.39. The van der Waals surface area contributed by atoms with Crippen molar-refractivity contribution in [3.05, 3.63) is 12.2 Å². The maximum Gasteiger partial charge on any atom is 0.330 e. The van der Waals surface area contributed by atoms with Gasteiger partial charge in [-0.15, -0.1) is 0 Å². The third-order valence-corrected chi connectivity index (χ3v) is 4.62. The fourth-order valence-corrected chi connectivity index (χ4v) is 3.24. The first-order valence-electron chi connectivity index (χ1n) is 8.61. The molecule has 0 aromatic carbocycles. The van der Waals surface area contributed by atoms with Gasteiger partial charge in [-0.2, -0.15) is 0 Å². The van der Waals surface area contributed by atoms with Crippen molar-refractivity contribution in [3.8, 4) is 0 Å². The largest absolute Gasteiger partial charge is 0.478 e. The van der Waals surface area contributed by atoms with Gasteiger partial charge in [-0.3, -0.25) is 0 Å². The summed E-state index contributed by atoms with van der Waals surface area (Å²) >= 11 is 0. The lowest BCUT2D eigenvalue weighted by Gasteiger charge is -2.21. The summed E-state index contributed by atoms with van der Waals surface area (Å²) in [7, 11) is 0. The van der Waals surface area contributed by atoms with Crippen molar-refractivity contribution in [3.63, 3.8) is 0 Å². The summed E-state index contributed by atoms with van der Waals surface area (Å²) < 4.78 is 0. The lowest BCUT2D eigenvalue weighted by molar-refractivity contribution is -0.132. The first-order chi connectivity index (χ1) is 9.70. The maximum absolute atomic E-state index is 10.6. The molecule has 1 fully saturated rings. The number of carboxylic acid groups (broad SMARTS) is 1. The zero-order valence-electron chi connectivity index (χ0n) is 13.0. The molecule has 1 aliphatic rings. The number of aliphatic carboxylic acids is 1. The van der Waals surface area contributed by atoms with Crippen LogP contribution in [0.2, 0.25) is 0 Å². The Morgan fingerprint density at radius 3 is 2.05 bits per heavy atom. The van der Waals surface area contributed by atoms with E-state index >= 15 is 0 Å². The highest BCUT2D eigenvalue weighted by Gasteiger charge is 2.12. The van der Waals surface area contributed by atoms with Crippen LogP contribution in [0, 0.1) is 5.92 Å². The van der Waals surface area contributed by atoms with Crippen LogP contribution in [-0.4, -0.2) is 11.1 Å². The second-order valence-electron chi connectivity index (χ2n) is 6.43. The van der Waals surface area contributed by atoms with Crippen LogP contribution in [-0.2, 0) is 4.79 Å². The van der Waals surface area contributed by atoms with E-state index in [1.807, 2.05) is 0 Å². The van der Waals surface area contributed by atoms with Crippen molar-refractivity contribution in [2.75, 3.05) is 0 Å². The first-order valence-corrected chi connectivity index (χ1v) is 8.61. The average molecular weight is 280 g/mol. The highest BCUT2D eigenvalue weighted by molar-refractivity contribution is 5.85. The topological polar surface area (TPSA) is 37.3 Å². The molecule has 0 aromatic rings. The van der Waals surface area contributed by atoms with Crippen molar-refractivity contribution >= 4 is 5.97 Å². The molecule has 0 heterocycles. The molecule has 1 saturated carbocycles. The van der Waals surface area contributed by atoms with Gasteiger partial charge >= 0.3 is 5.97 Å². The van der Waals surface area contributed by atoms with Gasteiger partial charge in [0.2, 0.25) is 0 Å². The molecule has 1 aliphatic carbocycles. The van der Waals surface area contributed by atoms with E-state index in [0.29, 0.717) is 12.0 Å². The summed E-state index contributed by atoms with van der Waals surface area (Å²) in [6.45, 7) is 3.56. The third-order valence-electron chi connectivity index (χ3n) is 4.62. The Kier molecular flexibility index (Phi) is 9.44. The number of hydrogen-bond acceptors (Lipinski definition) is 1. The molecule has 0 amide bonds. The van der Waals surface area contributed by atoms with Crippen LogP contribution in [0.4, 0.5) is 0 Å². The minimum absolute atomic E-state index is 0.359. The molecule has 116 valence electrons. The molecule has 0 atom stereocenters. The van der Waals surface area contributed by atoms with E-state index in [1.165, 1.54) is 70.6 Å². The molecule has 0 radical (unpaired) electrons. The van der Waals surface area contributed by atoms with Crippen LogP contribution < -0.4 is 0 Å². The van der Waals surface area contributed by atoms with E-state index in [2.05, 4.69) is 6.58 Å². The van der Waals surface area contributed by atoms with Gasteiger partial charge in [0.15, 0.2) is 0 Å². The fraction of sp³-hybridized carbons (Fsp3) is 0.833. The van der Waals surface area contributed by atoms with Crippen LogP contribution in [0.25, 0.3) is 0 Å². The minimum Gasteiger partial charge on any atom is -0.478 e. The number of carboxylic acids is 1. The highest BCUT2D eigenvalue weighted by Crippen LogP contribution is 2.28. The van der Waals surface area contributed by atoms with Crippen molar-refractivity contribution < 1.29 is 9.90 Å². The van der Waals surface area contributed by atoms with Gasteiger partial charge in [0.25, 0.3) is 0 Å². The zero-order valence-corrected chi connectivity index (χ0v) is 13.0. The van der Waals surface area contributed by atoms with E-state index in [9.17, 15) is 4.79 Å². The number of carbonyl (C=O) groups is 1. The minimum atomic E-state index is -0.840. The Hall–Kier alpha value is -0.790. The molecule has 20 heavy (non-hydrogen) atoms. The van der Waals surface area contributed by atoms with Gasteiger partial charge in [0.05, 0.1) is 0 Å². The summed E-state index contributed by atoms with van der Waals surface area (Å²) in [5.74, 6) is 0.193. The number of unbranched alkanes of at least 4 members (excludes halogenated alkanes) is 6. The lowest BCUT2D eigenvalue weighted by Crippen LogP contribution is -2.05. The van der Waals surface area contributed by atoms with E-state index in [4.69, 9.17) is 5.11 Å². The molecule has 1 N–H and O–H groups in total. The summed E-state index contributed by atoms with van der Waals surface area (Å²) in [6.07, 6.45) is 18.3. The van der Waals surface area contributed by atoms with Crippen molar-refractivity contribution in [2.45, 2.75) is 89.9 Å². The molecule has 1 rings (SSSR count). The summed E-state index contributed by atoms with van der Waals surface area (Å²) in [5, 5.41) is 8.69. The summed E-state index contributed by atoms with van der Waals surface area (Å²) in [4.78, 5) is 10.6. The Labute approximate surface area is 124 Å². The van der Waals surface area contributed by atoms with Gasteiger partial charge in [-0.25, -0.2) is 4.79 Å². The monoisotopic (exact) mass is 280 g/mol. The molecule has 2 heteroatoms. The number of hydrogen-bond donors (Lipinski definition) is 1. The Balaban J connectivity index is 1.80. The standard InChI is InChI=1S/C18H32O2/c1-16(18(19)20)12-8-5-3-2-4-6-9-13-17-14-10-7-11-15-17/h17H,1-15H2,(H,19,20). The van der Waals surface area contributed by atoms with Crippen LogP contribution in [0.1, 0.15) is 89.9 Å². The smallest absolute Gasteiger partial charge is 0.330 e. The molecule has 0 aromatic heterocycles. The molecular formula is C18H32O2. The SMILES string of the molecule is C=C(CCCCCCCCCC1CCCCC1)C(=O)O. The van der Waals surface area contributed by atoms with E-state index in [-0.39, 0.29) is 0 Å². The Morgan fingerprint density at radius 1 is 0.900 bits per heavy atom. The summed E-state index contributed by atoms with van der Waals surface area (Å²) in [5.41, 5.74) is 0.359. The van der Waals surface area contributed by atoms with Gasteiger partial charge in [-0.1, -0.05) is 83.6 Å². The molecule has 2 nitrogen and oxygen atoms in total. The van der Waals surface area contributed by atoms with Gasteiger partial charge in [-0.05, 0) is 18.8 Å². The number of rotatable bonds is 11. The van der Waals surface area contributed by atoms with Crippen LogP contribution in [0.3, 0.4) is 0 Å². The molecule has 0 spiro atoms. The second kappa shape index (κ2) is 10.9. The van der Waals surface area contributed by atoms with Crippen LogP contribution in [0.15, 0.2) is 12.2 Å². The molecule has 0 saturated heterocycles. The van der Waals surface area contributed by atoms with E-state index in [0.717, 1.165) is 18.8 Å². The normalized spacial score (nSPS) is 16.2. The quantitative estimate of drug-likeness (QED) is 0.388. The molecule has 0 unspecified atom stereocenters. The second-order valence-corrected chi connectivity index (χ2v) is 6.43.